The Bertz CT molecular complexity index is 346. The fourth-order valence-electron chi connectivity index (χ4n) is 1.18. The number of hydrogen-bond donors (Lipinski definition) is 2. The number of phenolic OH excluding ortho intramolecular Hbond substituents is 2. The second-order valence-electron chi connectivity index (χ2n) is 3.21. The molecule has 1 rings (SSSR count). The molecule has 2 nitrogen and oxygen atoms in total. The molecule has 0 atom stereocenters. The molecule has 1 aromatic carbocycles. The molecule has 5 heteroatoms. The van der Waals surface area contributed by atoms with Gasteiger partial charge in [-0.1, -0.05) is 13.8 Å². The van der Waals surface area contributed by atoms with E-state index < -0.39 is 40.4 Å². The van der Waals surface area contributed by atoms with E-state index in [2.05, 4.69) is 0 Å². The van der Waals surface area contributed by atoms with Crippen LogP contribution < -0.4 is 0 Å². The van der Waals surface area contributed by atoms with E-state index in [0.29, 0.717) is 0 Å². The van der Waals surface area contributed by atoms with Gasteiger partial charge in [0.05, 0.1) is 0 Å². The highest BCUT2D eigenvalue weighted by atomic mass is 19.2. The highest BCUT2D eigenvalue weighted by molar-refractivity contribution is 5.44. The molecule has 2 N–H and O–H groups in total. The molecule has 0 bridgehead atoms. The van der Waals surface area contributed by atoms with Gasteiger partial charge in [-0.3, -0.25) is 0 Å². The van der Waals surface area contributed by atoms with Crippen molar-refractivity contribution in [3.63, 3.8) is 0 Å². The lowest BCUT2D eigenvalue weighted by Crippen LogP contribution is -2.00. The lowest BCUT2D eigenvalue weighted by Gasteiger charge is -2.12. The van der Waals surface area contributed by atoms with Gasteiger partial charge in [-0.25, -0.2) is 4.39 Å². The predicted molar refractivity (Wildman–Crippen MR) is 43.7 cm³/mol. The van der Waals surface area contributed by atoms with Crippen molar-refractivity contribution in [2.24, 2.45) is 0 Å². The standard InChI is InChI=1S/C9H9F3O2/c1-3(2)4-5(10)9(14)7(12)6(11)8(4)13/h3,13-14H,1-2H3. The summed E-state index contributed by atoms with van der Waals surface area (Å²) in [6.45, 7) is 2.96. The van der Waals surface area contributed by atoms with E-state index in [-0.39, 0.29) is 0 Å². The number of benzene rings is 1. The maximum Gasteiger partial charge on any atom is 0.207 e. The molecule has 0 spiro atoms. The van der Waals surface area contributed by atoms with E-state index in [4.69, 9.17) is 10.2 Å². The van der Waals surface area contributed by atoms with Crippen LogP contribution in [0.2, 0.25) is 0 Å². The van der Waals surface area contributed by atoms with E-state index in [1.807, 2.05) is 0 Å². The molecule has 0 heterocycles. The maximum atomic E-state index is 13.1. The third kappa shape index (κ3) is 1.38. The van der Waals surface area contributed by atoms with Crippen LogP contribution in [-0.4, -0.2) is 10.2 Å². The van der Waals surface area contributed by atoms with E-state index in [1.54, 1.807) is 0 Å². The summed E-state index contributed by atoms with van der Waals surface area (Å²) in [6.07, 6.45) is 0. The topological polar surface area (TPSA) is 40.5 Å². The Balaban J connectivity index is 3.60. The zero-order valence-corrected chi connectivity index (χ0v) is 7.61. The average molecular weight is 206 g/mol. The molecule has 0 unspecified atom stereocenters. The maximum absolute atomic E-state index is 13.1. The number of hydrogen-bond acceptors (Lipinski definition) is 2. The smallest absolute Gasteiger partial charge is 0.207 e. The highest BCUT2D eigenvalue weighted by Crippen LogP contribution is 2.37. The van der Waals surface area contributed by atoms with Crippen molar-refractivity contribution in [2.45, 2.75) is 19.8 Å². The first-order valence-electron chi connectivity index (χ1n) is 3.96. The van der Waals surface area contributed by atoms with Gasteiger partial charge < -0.3 is 10.2 Å². The first-order chi connectivity index (χ1) is 6.37. The molecular formula is C9H9F3O2. The van der Waals surface area contributed by atoms with Gasteiger partial charge in [-0.15, -0.1) is 0 Å². The Morgan fingerprint density at radius 1 is 0.857 bits per heavy atom. The van der Waals surface area contributed by atoms with Crippen molar-refractivity contribution in [3.8, 4) is 11.5 Å². The van der Waals surface area contributed by atoms with E-state index >= 15 is 0 Å². The van der Waals surface area contributed by atoms with E-state index in [9.17, 15) is 13.2 Å². The van der Waals surface area contributed by atoms with Crippen LogP contribution in [0.1, 0.15) is 25.3 Å². The van der Waals surface area contributed by atoms with Crippen molar-refractivity contribution >= 4 is 0 Å². The van der Waals surface area contributed by atoms with Crippen LogP contribution in [0.4, 0.5) is 13.2 Å². The van der Waals surface area contributed by atoms with Gasteiger partial charge in [0.15, 0.2) is 17.3 Å². The molecule has 0 fully saturated rings. The molecular weight excluding hydrogens is 197 g/mol. The third-order valence-corrected chi connectivity index (χ3v) is 1.89. The molecule has 0 radical (unpaired) electrons. The number of rotatable bonds is 1. The van der Waals surface area contributed by atoms with Gasteiger partial charge in [0, 0.05) is 5.56 Å². The fraction of sp³-hybridized carbons (Fsp3) is 0.333. The quantitative estimate of drug-likeness (QED) is 0.547. The normalized spacial score (nSPS) is 11.0. The molecule has 0 amide bonds. The van der Waals surface area contributed by atoms with E-state index in [0.717, 1.165) is 0 Å². The largest absolute Gasteiger partial charge is 0.504 e. The Morgan fingerprint density at radius 2 is 1.29 bits per heavy atom. The highest BCUT2D eigenvalue weighted by Gasteiger charge is 2.25. The van der Waals surface area contributed by atoms with Gasteiger partial charge in [0.2, 0.25) is 11.6 Å². The molecule has 0 aromatic heterocycles. The number of phenols is 2. The summed E-state index contributed by atoms with van der Waals surface area (Å²) < 4.78 is 38.6. The summed E-state index contributed by atoms with van der Waals surface area (Å²) in [6, 6.07) is 0. The molecule has 1 aromatic rings. The van der Waals surface area contributed by atoms with Crippen LogP contribution in [-0.2, 0) is 0 Å². The summed E-state index contributed by atoms with van der Waals surface area (Å²) in [5.41, 5.74) is -0.429. The van der Waals surface area contributed by atoms with Crippen LogP contribution >= 0.6 is 0 Å². The SMILES string of the molecule is CC(C)c1c(O)c(F)c(F)c(O)c1F. The average Bonchev–Trinajstić information content (AvgIpc) is 2.11. The first-order valence-corrected chi connectivity index (χ1v) is 3.96. The molecule has 78 valence electrons. The Morgan fingerprint density at radius 3 is 1.71 bits per heavy atom. The summed E-state index contributed by atoms with van der Waals surface area (Å²) in [7, 11) is 0. The van der Waals surface area contributed by atoms with Crippen LogP contribution in [0.25, 0.3) is 0 Å². The number of halogens is 3. The van der Waals surface area contributed by atoms with E-state index in [1.165, 1.54) is 13.8 Å². The second-order valence-corrected chi connectivity index (χ2v) is 3.21. The van der Waals surface area contributed by atoms with Crippen molar-refractivity contribution in [1.82, 2.24) is 0 Å². The van der Waals surface area contributed by atoms with Crippen molar-refractivity contribution in [1.29, 1.82) is 0 Å². The minimum atomic E-state index is -1.77. The van der Waals surface area contributed by atoms with Crippen molar-refractivity contribution in [3.05, 3.63) is 23.0 Å². The molecule has 14 heavy (non-hydrogen) atoms. The molecule has 0 aliphatic carbocycles. The van der Waals surface area contributed by atoms with Gasteiger partial charge in [-0.05, 0) is 5.92 Å². The van der Waals surface area contributed by atoms with Gasteiger partial charge >= 0.3 is 0 Å². The lowest BCUT2D eigenvalue weighted by atomic mass is 10.0. The van der Waals surface area contributed by atoms with Crippen molar-refractivity contribution < 1.29 is 23.4 Å². The third-order valence-electron chi connectivity index (χ3n) is 1.89. The monoisotopic (exact) mass is 206 g/mol. The Kier molecular flexibility index (Phi) is 2.59. The molecule has 0 aliphatic rings. The minimum Gasteiger partial charge on any atom is -0.504 e. The summed E-state index contributed by atoms with van der Waals surface area (Å²) >= 11 is 0. The fourth-order valence-corrected chi connectivity index (χ4v) is 1.18. The lowest BCUT2D eigenvalue weighted by molar-refractivity contribution is 0.342. The van der Waals surface area contributed by atoms with Crippen LogP contribution in [0.15, 0.2) is 0 Å². The van der Waals surface area contributed by atoms with Gasteiger partial charge in [-0.2, -0.15) is 8.78 Å². The van der Waals surface area contributed by atoms with Crippen molar-refractivity contribution in [2.75, 3.05) is 0 Å². The zero-order chi connectivity index (χ0) is 11.0. The molecule has 0 aliphatic heterocycles. The first kappa shape index (κ1) is 10.7. The Hall–Kier alpha value is -1.39. The number of aromatic hydroxyl groups is 2. The zero-order valence-electron chi connectivity index (χ0n) is 7.61. The predicted octanol–water partition coefficient (Wildman–Crippen LogP) is 2.64. The molecule has 0 saturated heterocycles. The van der Waals surface area contributed by atoms with Crippen LogP contribution in [0.5, 0.6) is 11.5 Å². The minimum absolute atomic E-state index is 0.429. The Labute approximate surface area is 78.6 Å². The molecule has 0 saturated carbocycles. The summed E-state index contributed by atoms with van der Waals surface area (Å²) in [5.74, 6) is -7.78. The van der Waals surface area contributed by atoms with Crippen LogP contribution in [0.3, 0.4) is 0 Å². The van der Waals surface area contributed by atoms with Gasteiger partial charge in [0.1, 0.15) is 0 Å². The summed E-state index contributed by atoms with van der Waals surface area (Å²) in [4.78, 5) is 0. The second kappa shape index (κ2) is 3.40. The van der Waals surface area contributed by atoms with Gasteiger partial charge in [0.25, 0.3) is 0 Å². The summed E-state index contributed by atoms with van der Waals surface area (Å²) in [5, 5.41) is 17.9. The van der Waals surface area contributed by atoms with Crippen LogP contribution in [0, 0.1) is 17.5 Å².